The number of Topliss-reactive ketones (excluding diaryl/α,β-unsaturated/α-hetero) is 2. The lowest BCUT2D eigenvalue weighted by molar-refractivity contribution is 0.0914. The van der Waals surface area contributed by atoms with Crippen molar-refractivity contribution in [1.29, 1.82) is 0 Å². The second-order valence-corrected chi connectivity index (χ2v) is 6.78. The predicted octanol–water partition coefficient (Wildman–Crippen LogP) is 3.19. The minimum atomic E-state index is 0.00293. The second kappa shape index (κ2) is 6.40. The molecular weight excluding hydrogens is 302 g/mol. The van der Waals surface area contributed by atoms with E-state index in [0.717, 1.165) is 30.6 Å². The smallest absolute Gasteiger partial charge is 0.193 e. The molecule has 0 aliphatic carbocycles. The van der Waals surface area contributed by atoms with Gasteiger partial charge in [0.2, 0.25) is 0 Å². The summed E-state index contributed by atoms with van der Waals surface area (Å²) in [6, 6.07) is 4.47. The Morgan fingerprint density at radius 1 is 1.33 bits per heavy atom. The van der Waals surface area contributed by atoms with E-state index < -0.39 is 0 Å². The van der Waals surface area contributed by atoms with Crippen LogP contribution in [0.2, 0.25) is 0 Å². The van der Waals surface area contributed by atoms with E-state index in [2.05, 4.69) is 20.5 Å². The Morgan fingerprint density at radius 3 is 2.67 bits per heavy atom. The Bertz CT molecular complexity index is 785. The molecule has 128 valence electrons. The molecule has 1 saturated heterocycles. The van der Waals surface area contributed by atoms with Crippen molar-refractivity contribution >= 4 is 11.6 Å². The molecule has 1 N–H and O–H groups in total. The summed E-state index contributed by atoms with van der Waals surface area (Å²) in [4.78, 5) is 30.0. The molecule has 1 atom stereocenters. The van der Waals surface area contributed by atoms with Crippen molar-refractivity contribution in [2.75, 3.05) is 13.1 Å². The van der Waals surface area contributed by atoms with Gasteiger partial charge in [0.1, 0.15) is 0 Å². The van der Waals surface area contributed by atoms with Crippen molar-refractivity contribution in [3.05, 3.63) is 46.5 Å². The number of carbonyl (C=O) groups is 2. The molecule has 3 rings (SSSR count). The summed E-state index contributed by atoms with van der Waals surface area (Å²) in [5.41, 5.74) is 4.04. The number of rotatable bonds is 5. The van der Waals surface area contributed by atoms with E-state index in [-0.39, 0.29) is 17.6 Å². The number of carbonyl (C=O) groups excluding carboxylic acids is 2. The van der Waals surface area contributed by atoms with Gasteiger partial charge in [-0.25, -0.2) is 0 Å². The Labute approximate surface area is 142 Å². The van der Waals surface area contributed by atoms with Gasteiger partial charge in [0.25, 0.3) is 0 Å². The maximum absolute atomic E-state index is 12.8. The second-order valence-electron chi connectivity index (χ2n) is 6.78. The van der Waals surface area contributed by atoms with E-state index in [1.54, 1.807) is 6.92 Å². The maximum Gasteiger partial charge on any atom is 0.193 e. The van der Waals surface area contributed by atoms with Crippen molar-refractivity contribution in [3.63, 3.8) is 0 Å². The highest BCUT2D eigenvalue weighted by Crippen LogP contribution is 2.32. The number of hydrogen-bond acceptors (Lipinski definition) is 3. The van der Waals surface area contributed by atoms with Gasteiger partial charge >= 0.3 is 0 Å². The summed E-state index contributed by atoms with van der Waals surface area (Å²) in [6.07, 6.45) is 4.22. The van der Waals surface area contributed by atoms with Gasteiger partial charge in [-0.3, -0.25) is 14.5 Å². The topological polar surface area (TPSA) is 58.1 Å². The van der Waals surface area contributed by atoms with Crippen LogP contribution < -0.4 is 0 Å². The van der Waals surface area contributed by atoms with Gasteiger partial charge in [-0.1, -0.05) is 0 Å². The van der Waals surface area contributed by atoms with E-state index in [1.165, 1.54) is 5.69 Å². The Balaban J connectivity index is 1.81. The summed E-state index contributed by atoms with van der Waals surface area (Å²) in [6.45, 7) is 6.56. The van der Waals surface area contributed by atoms with Crippen LogP contribution in [0, 0.1) is 13.8 Å². The maximum atomic E-state index is 12.8. The highest BCUT2D eigenvalue weighted by Gasteiger charge is 2.30. The fourth-order valence-corrected chi connectivity index (χ4v) is 3.99. The molecule has 0 radical (unpaired) electrons. The predicted molar refractivity (Wildman–Crippen MR) is 93.6 cm³/mol. The molecule has 1 fully saturated rings. The molecule has 2 aromatic rings. The first-order valence-electron chi connectivity index (χ1n) is 8.48. The van der Waals surface area contributed by atoms with Crippen molar-refractivity contribution in [1.82, 2.24) is 14.5 Å². The minimum Gasteiger partial charge on any atom is -0.355 e. The van der Waals surface area contributed by atoms with Gasteiger partial charge < -0.3 is 9.55 Å². The van der Waals surface area contributed by atoms with Crippen molar-refractivity contribution in [2.45, 2.75) is 39.7 Å². The van der Waals surface area contributed by atoms with Crippen LogP contribution in [0.3, 0.4) is 0 Å². The van der Waals surface area contributed by atoms with Crippen LogP contribution in [-0.4, -0.2) is 39.1 Å². The molecule has 1 aliphatic heterocycles. The average molecular weight is 327 g/mol. The first kappa shape index (κ1) is 16.7. The quantitative estimate of drug-likeness (QED) is 0.858. The van der Waals surface area contributed by atoms with Crippen molar-refractivity contribution in [3.8, 4) is 0 Å². The van der Waals surface area contributed by atoms with E-state index >= 15 is 0 Å². The number of likely N-dealkylation sites (tertiary alicyclic amines) is 1. The summed E-state index contributed by atoms with van der Waals surface area (Å²) >= 11 is 0. The minimum absolute atomic E-state index is 0.00293. The van der Waals surface area contributed by atoms with E-state index in [0.29, 0.717) is 17.8 Å². The average Bonchev–Trinajstić information content (AvgIpc) is 3.18. The highest BCUT2D eigenvalue weighted by molar-refractivity contribution is 6.03. The number of nitrogens with one attached hydrogen (secondary N) is 1. The highest BCUT2D eigenvalue weighted by atomic mass is 16.1. The summed E-state index contributed by atoms with van der Waals surface area (Å²) < 4.78 is 2.13. The Kier molecular flexibility index (Phi) is 4.45. The van der Waals surface area contributed by atoms with Crippen LogP contribution in [0.4, 0.5) is 0 Å². The van der Waals surface area contributed by atoms with Crippen LogP contribution in [0.15, 0.2) is 18.3 Å². The van der Waals surface area contributed by atoms with E-state index in [9.17, 15) is 9.59 Å². The number of ketones is 2. The van der Waals surface area contributed by atoms with Crippen LogP contribution in [-0.2, 0) is 7.05 Å². The number of nitrogens with zero attached hydrogens (tertiary/aromatic N) is 2. The summed E-state index contributed by atoms with van der Waals surface area (Å²) in [7, 11) is 2.05. The third kappa shape index (κ3) is 2.84. The zero-order chi connectivity index (χ0) is 17.4. The van der Waals surface area contributed by atoms with E-state index in [4.69, 9.17) is 0 Å². The van der Waals surface area contributed by atoms with Crippen LogP contribution in [0.5, 0.6) is 0 Å². The molecule has 0 unspecified atom stereocenters. The van der Waals surface area contributed by atoms with Crippen molar-refractivity contribution < 1.29 is 9.59 Å². The van der Waals surface area contributed by atoms with Gasteiger partial charge in [-0.05, 0) is 57.9 Å². The van der Waals surface area contributed by atoms with Gasteiger partial charge in [0.15, 0.2) is 11.6 Å². The Hall–Kier alpha value is -2.14. The number of H-pyrrole nitrogens is 1. The number of aryl methyl sites for hydroxylation is 2. The molecule has 1 aliphatic rings. The van der Waals surface area contributed by atoms with Gasteiger partial charge in [0, 0.05) is 30.2 Å². The van der Waals surface area contributed by atoms with Crippen LogP contribution in [0.25, 0.3) is 0 Å². The molecule has 0 spiro atoms. The van der Waals surface area contributed by atoms with Gasteiger partial charge in [0.05, 0.1) is 18.3 Å². The lowest BCUT2D eigenvalue weighted by Crippen LogP contribution is -2.31. The lowest BCUT2D eigenvalue weighted by Gasteiger charge is -2.24. The molecule has 5 heteroatoms. The molecular formula is C19H25N3O2. The first-order valence-corrected chi connectivity index (χ1v) is 8.48. The molecule has 3 heterocycles. The zero-order valence-electron chi connectivity index (χ0n) is 14.8. The van der Waals surface area contributed by atoms with Crippen LogP contribution in [0.1, 0.15) is 63.6 Å². The molecule has 24 heavy (non-hydrogen) atoms. The molecule has 5 nitrogen and oxygen atoms in total. The van der Waals surface area contributed by atoms with Gasteiger partial charge in [-0.2, -0.15) is 0 Å². The third-order valence-corrected chi connectivity index (χ3v) is 5.10. The number of aromatic nitrogens is 2. The SMILES string of the molecule is CC(=O)c1c(C)[nH]c(C(=O)CN2CCC[C@H]2c2cccn2C)c1C. The monoisotopic (exact) mass is 327 g/mol. The van der Waals surface area contributed by atoms with Crippen molar-refractivity contribution in [2.24, 2.45) is 7.05 Å². The lowest BCUT2D eigenvalue weighted by atomic mass is 10.0. The van der Waals surface area contributed by atoms with E-state index in [1.807, 2.05) is 33.2 Å². The number of aromatic amines is 1. The first-order chi connectivity index (χ1) is 11.4. The fourth-order valence-electron chi connectivity index (χ4n) is 3.99. The van der Waals surface area contributed by atoms with Gasteiger partial charge in [-0.15, -0.1) is 0 Å². The zero-order valence-corrected chi connectivity index (χ0v) is 14.8. The summed E-state index contributed by atoms with van der Waals surface area (Å²) in [5.74, 6) is 0.0624. The van der Waals surface area contributed by atoms with Crippen LogP contribution >= 0.6 is 0 Å². The number of hydrogen-bond donors (Lipinski definition) is 1. The fraction of sp³-hybridized carbons (Fsp3) is 0.474. The molecule has 0 saturated carbocycles. The molecule has 0 bridgehead atoms. The largest absolute Gasteiger partial charge is 0.355 e. The summed E-state index contributed by atoms with van der Waals surface area (Å²) in [5, 5.41) is 0. The third-order valence-electron chi connectivity index (χ3n) is 5.10. The standard InChI is InChI=1S/C19H25N3O2/c1-12-18(14(3)23)13(2)20-19(12)17(24)11-22-10-6-8-16(22)15-7-5-9-21(15)4/h5,7,9,16,20H,6,8,10-11H2,1-4H3/t16-/m0/s1. The Morgan fingerprint density at radius 2 is 2.08 bits per heavy atom. The normalized spacial score (nSPS) is 18.2. The molecule has 2 aromatic heterocycles. The molecule has 0 aromatic carbocycles. The molecule has 0 amide bonds.